The molecule has 0 aliphatic rings. The Kier molecular flexibility index (Phi) is 5.41. The van der Waals surface area contributed by atoms with Crippen LogP contribution in [0.4, 0.5) is 11.4 Å². The zero-order valence-corrected chi connectivity index (χ0v) is 14.8. The number of carbonyl (C=O) groups excluding carboxylic acids is 1. The van der Waals surface area contributed by atoms with E-state index in [9.17, 15) is 23.3 Å². The Hall–Kier alpha value is -2.49. The highest BCUT2D eigenvalue weighted by molar-refractivity contribution is 7.89. The Labute approximate surface area is 149 Å². The van der Waals surface area contributed by atoms with E-state index in [1.54, 1.807) is 6.92 Å². The van der Waals surface area contributed by atoms with Gasteiger partial charge in [-0.25, -0.2) is 13.1 Å². The number of nitrogens with zero attached hydrogens (tertiary/aromatic N) is 1. The molecular formula is C15H14ClN3O5S. The van der Waals surface area contributed by atoms with Gasteiger partial charge in [0.05, 0.1) is 9.82 Å². The van der Waals surface area contributed by atoms with Crippen LogP contribution in [0.2, 0.25) is 5.02 Å². The monoisotopic (exact) mass is 383 g/mol. The molecule has 2 rings (SSSR count). The average molecular weight is 384 g/mol. The van der Waals surface area contributed by atoms with Gasteiger partial charge in [-0.05, 0) is 43.8 Å². The molecule has 0 aliphatic carbocycles. The first-order valence-electron chi connectivity index (χ1n) is 6.95. The van der Waals surface area contributed by atoms with E-state index in [4.69, 9.17) is 11.6 Å². The average Bonchev–Trinajstić information content (AvgIpc) is 2.56. The molecule has 0 radical (unpaired) electrons. The zero-order valence-electron chi connectivity index (χ0n) is 13.2. The van der Waals surface area contributed by atoms with Crippen molar-refractivity contribution in [3.63, 3.8) is 0 Å². The summed E-state index contributed by atoms with van der Waals surface area (Å²) in [6.45, 7) is 1.61. The van der Waals surface area contributed by atoms with E-state index >= 15 is 0 Å². The lowest BCUT2D eigenvalue weighted by atomic mass is 10.1. The van der Waals surface area contributed by atoms with Gasteiger partial charge in [0.25, 0.3) is 11.6 Å². The molecule has 0 heterocycles. The van der Waals surface area contributed by atoms with Gasteiger partial charge in [0.15, 0.2) is 0 Å². The Morgan fingerprint density at radius 1 is 1.20 bits per heavy atom. The normalized spacial score (nSPS) is 11.2. The lowest BCUT2D eigenvalue weighted by Gasteiger charge is -2.10. The van der Waals surface area contributed by atoms with Gasteiger partial charge in [-0.1, -0.05) is 17.7 Å². The number of carbonyl (C=O) groups is 1. The fourth-order valence-electron chi connectivity index (χ4n) is 2.12. The van der Waals surface area contributed by atoms with Crippen molar-refractivity contribution in [1.29, 1.82) is 0 Å². The van der Waals surface area contributed by atoms with Crippen LogP contribution in [0.3, 0.4) is 0 Å². The molecule has 8 nitrogen and oxygen atoms in total. The van der Waals surface area contributed by atoms with Crippen molar-refractivity contribution in [2.24, 2.45) is 0 Å². The van der Waals surface area contributed by atoms with E-state index in [1.807, 2.05) is 0 Å². The number of nitro benzene ring substituents is 1. The van der Waals surface area contributed by atoms with Gasteiger partial charge in [0.1, 0.15) is 5.56 Å². The molecule has 2 N–H and O–H groups in total. The molecule has 0 saturated carbocycles. The van der Waals surface area contributed by atoms with E-state index in [0.29, 0.717) is 5.56 Å². The quantitative estimate of drug-likeness (QED) is 0.607. The Balaban J connectivity index is 2.40. The number of halogens is 1. The fourth-order valence-corrected chi connectivity index (χ4v) is 3.28. The first-order chi connectivity index (χ1) is 11.7. The van der Waals surface area contributed by atoms with Crippen LogP contribution in [0.15, 0.2) is 41.3 Å². The van der Waals surface area contributed by atoms with Gasteiger partial charge in [-0.2, -0.15) is 0 Å². The molecule has 0 bridgehead atoms. The third kappa shape index (κ3) is 4.13. The Morgan fingerprint density at radius 2 is 1.88 bits per heavy atom. The fraction of sp³-hybridized carbons (Fsp3) is 0.133. The van der Waals surface area contributed by atoms with Crippen molar-refractivity contribution < 1.29 is 18.1 Å². The van der Waals surface area contributed by atoms with E-state index < -0.39 is 26.5 Å². The molecule has 0 saturated heterocycles. The number of hydrogen-bond acceptors (Lipinski definition) is 5. The molecule has 0 aliphatic heterocycles. The minimum atomic E-state index is -3.71. The summed E-state index contributed by atoms with van der Waals surface area (Å²) in [7, 11) is -2.43. The molecule has 0 unspecified atom stereocenters. The maximum absolute atomic E-state index is 12.3. The van der Waals surface area contributed by atoms with Crippen molar-refractivity contribution in [3.8, 4) is 0 Å². The van der Waals surface area contributed by atoms with E-state index in [-0.39, 0.29) is 21.2 Å². The predicted octanol–water partition coefficient (Wildman–Crippen LogP) is 2.72. The highest BCUT2D eigenvalue weighted by Crippen LogP contribution is 2.25. The van der Waals surface area contributed by atoms with Crippen LogP contribution >= 0.6 is 11.6 Å². The molecule has 10 heteroatoms. The summed E-state index contributed by atoms with van der Waals surface area (Å²) in [4.78, 5) is 22.7. The van der Waals surface area contributed by atoms with Crippen LogP contribution in [-0.2, 0) is 10.0 Å². The van der Waals surface area contributed by atoms with Crippen LogP contribution in [-0.4, -0.2) is 26.3 Å². The van der Waals surface area contributed by atoms with Crippen molar-refractivity contribution in [2.45, 2.75) is 11.8 Å². The predicted molar refractivity (Wildman–Crippen MR) is 93.5 cm³/mol. The number of nitrogens with one attached hydrogen (secondary N) is 2. The molecule has 25 heavy (non-hydrogen) atoms. The lowest BCUT2D eigenvalue weighted by molar-refractivity contribution is -0.385. The van der Waals surface area contributed by atoms with Crippen molar-refractivity contribution in [3.05, 3.63) is 62.7 Å². The van der Waals surface area contributed by atoms with Crippen molar-refractivity contribution >= 4 is 38.9 Å². The summed E-state index contributed by atoms with van der Waals surface area (Å²) >= 11 is 5.72. The number of sulfonamides is 1. The highest BCUT2D eigenvalue weighted by Gasteiger charge is 2.22. The van der Waals surface area contributed by atoms with Gasteiger partial charge in [-0.15, -0.1) is 0 Å². The van der Waals surface area contributed by atoms with Gasteiger partial charge >= 0.3 is 0 Å². The second-order valence-electron chi connectivity index (χ2n) is 5.06. The molecule has 0 fully saturated rings. The molecule has 0 spiro atoms. The van der Waals surface area contributed by atoms with Gasteiger partial charge in [0.2, 0.25) is 10.0 Å². The number of amides is 1. The standard InChI is InChI=1S/C15H14ClN3O5S/c1-9-3-5-11(8-14(9)25(23,24)17-2)18-15(20)12-6-4-10(16)7-13(12)19(21)22/h3-8,17H,1-2H3,(H,18,20). The molecule has 2 aromatic rings. The number of rotatable bonds is 5. The highest BCUT2D eigenvalue weighted by atomic mass is 35.5. The molecular weight excluding hydrogens is 370 g/mol. The molecule has 2 aromatic carbocycles. The summed E-state index contributed by atoms with van der Waals surface area (Å²) in [6.07, 6.45) is 0. The summed E-state index contributed by atoms with van der Waals surface area (Å²) < 4.78 is 26.2. The Bertz CT molecular complexity index is 960. The molecule has 132 valence electrons. The minimum Gasteiger partial charge on any atom is -0.322 e. The number of anilines is 1. The topological polar surface area (TPSA) is 118 Å². The number of benzene rings is 2. The van der Waals surface area contributed by atoms with Crippen molar-refractivity contribution in [1.82, 2.24) is 4.72 Å². The third-order valence-electron chi connectivity index (χ3n) is 3.41. The van der Waals surface area contributed by atoms with Crippen LogP contribution < -0.4 is 10.0 Å². The summed E-state index contributed by atoms with van der Waals surface area (Å²) in [5.74, 6) is -0.750. The van der Waals surface area contributed by atoms with E-state index in [2.05, 4.69) is 10.0 Å². The smallest absolute Gasteiger partial charge is 0.283 e. The van der Waals surface area contributed by atoms with Crippen LogP contribution in [0.25, 0.3) is 0 Å². The van der Waals surface area contributed by atoms with Crippen molar-refractivity contribution in [2.75, 3.05) is 12.4 Å². The number of nitro groups is 1. The van der Waals surface area contributed by atoms with Crippen LogP contribution in [0, 0.1) is 17.0 Å². The van der Waals surface area contributed by atoms with Gasteiger partial charge in [-0.3, -0.25) is 14.9 Å². The van der Waals surface area contributed by atoms with Crippen LogP contribution in [0.5, 0.6) is 0 Å². The van der Waals surface area contributed by atoms with Gasteiger partial charge in [0, 0.05) is 16.8 Å². The van der Waals surface area contributed by atoms with E-state index in [0.717, 1.165) is 6.07 Å². The van der Waals surface area contributed by atoms with Gasteiger partial charge < -0.3 is 5.32 Å². The van der Waals surface area contributed by atoms with E-state index in [1.165, 1.54) is 37.4 Å². The van der Waals surface area contributed by atoms with Crippen LogP contribution in [0.1, 0.15) is 15.9 Å². The molecule has 1 amide bonds. The second kappa shape index (κ2) is 7.18. The number of aryl methyl sites for hydroxylation is 1. The summed E-state index contributed by atoms with van der Waals surface area (Å²) in [5.41, 5.74) is 0.0478. The third-order valence-corrected chi connectivity index (χ3v) is 5.20. The molecule has 0 aromatic heterocycles. The second-order valence-corrected chi connectivity index (χ2v) is 7.35. The SMILES string of the molecule is CNS(=O)(=O)c1cc(NC(=O)c2ccc(Cl)cc2[N+](=O)[O-])ccc1C. The zero-order chi connectivity index (χ0) is 18.8. The first kappa shape index (κ1) is 18.8. The largest absolute Gasteiger partial charge is 0.322 e. The lowest BCUT2D eigenvalue weighted by Crippen LogP contribution is -2.20. The summed E-state index contributed by atoms with van der Waals surface area (Å²) in [5, 5.41) is 13.7. The Morgan fingerprint density at radius 3 is 2.48 bits per heavy atom. The first-order valence-corrected chi connectivity index (χ1v) is 8.81. The maximum Gasteiger partial charge on any atom is 0.283 e. The maximum atomic E-state index is 12.3. The molecule has 0 atom stereocenters. The summed E-state index contributed by atoms with van der Waals surface area (Å²) in [6, 6.07) is 7.97. The minimum absolute atomic E-state index is 0.00148. The number of hydrogen-bond donors (Lipinski definition) is 2.